The summed E-state index contributed by atoms with van der Waals surface area (Å²) < 4.78 is 10.8. The van der Waals surface area contributed by atoms with Gasteiger partial charge in [-0.05, 0) is 115 Å². The molecule has 0 heterocycles. The predicted molar refractivity (Wildman–Crippen MR) is 93.5 cm³/mol. The lowest BCUT2D eigenvalue weighted by atomic mass is 13.8. The van der Waals surface area contributed by atoms with Crippen LogP contribution < -0.4 is 12.4 Å². The molecule has 3 nitrogen and oxygen atoms in total. The lowest BCUT2D eigenvalue weighted by Crippen LogP contribution is -3.00. The third-order valence-electron chi connectivity index (χ3n) is 0.646. The second kappa shape index (κ2) is 8.97. The van der Waals surface area contributed by atoms with Gasteiger partial charge in [0.15, 0.2) is 11.2 Å². The highest BCUT2D eigenvalue weighted by molar-refractivity contribution is 8.32. The highest BCUT2D eigenvalue weighted by atomic mass is 36.1. The van der Waals surface area contributed by atoms with Crippen LogP contribution in [-0.4, -0.2) is 0 Å². The lowest BCUT2D eigenvalue weighted by Gasteiger charge is -2.06. The minimum Gasteiger partial charge on any atom is -1.00 e. The third-order valence-corrected chi connectivity index (χ3v) is 13.1. The van der Waals surface area contributed by atoms with Crippen molar-refractivity contribution in [2.75, 3.05) is 0 Å². The first-order valence-corrected chi connectivity index (χ1v) is 18.8. The maximum atomic E-state index is 5.93. The number of hydrogen-bond acceptors (Lipinski definition) is 3. The zero-order valence-electron chi connectivity index (χ0n) is 7.29. The van der Waals surface area contributed by atoms with Crippen LogP contribution in [0.4, 0.5) is 0 Å². The van der Waals surface area contributed by atoms with Crippen molar-refractivity contribution in [2.45, 2.75) is 0 Å². The smallest absolute Gasteiger partial charge is 0.473 e. The molecule has 112 valence electrons. The van der Waals surface area contributed by atoms with E-state index in [1.165, 1.54) is 0 Å². The molecule has 0 saturated heterocycles. The molecule has 0 unspecified atom stereocenters. The second-order valence-electron chi connectivity index (χ2n) is 2.02. The summed E-state index contributed by atoms with van der Waals surface area (Å²) >= 11 is 55.8. The summed E-state index contributed by atoms with van der Waals surface area (Å²) in [5, 5.41) is -9.76. The third kappa shape index (κ3) is 15.2. The molecule has 0 aromatic heterocycles. The zero-order valence-corrected chi connectivity index (χ0v) is 19.2. The van der Waals surface area contributed by atoms with Crippen molar-refractivity contribution in [3.8, 4) is 0 Å². The summed E-state index contributed by atoms with van der Waals surface area (Å²) in [6.07, 6.45) is 0. The van der Waals surface area contributed by atoms with E-state index in [2.05, 4.69) is 13.5 Å². The topological polar surface area (TPSA) is 37.1 Å². The molecule has 0 aliphatic rings. The van der Waals surface area contributed by atoms with Gasteiger partial charge in [0.05, 0.1) is 0 Å². The average molecular weight is 556 g/mol. The van der Waals surface area contributed by atoms with E-state index in [-0.39, 0.29) is 12.4 Å². The number of halogens is 11. The molecule has 0 bridgehead atoms. The first kappa shape index (κ1) is 24.6. The Morgan fingerprint density at radius 2 is 0.722 bits per heavy atom. The number of nitrogens with zero attached hydrogens (tertiary/aromatic N) is 3. The monoisotopic (exact) mass is 551 g/mol. The summed E-state index contributed by atoms with van der Waals surface area (Å²) in [6.45, 7) is 0. The fraction of sp³-hybridized carbons (Fsp3) is 0. The van der Waals surface area contributed by atoms with Gasteiger partial charge in [0.25, 0.3) is 15.3 Å². The molecule has 18 heteroatoms. The summed E-state index contributed by atoms with van der Waals surface area (Å²) in [5.74, 6) is 0. The first-order chi connectivity index (χ1) is 7.12. The van der Waals surface area contributed by atoms with E-state index in [0.29, 0.717) is 0 Å². The predicted octanol–water partition coefficient (Wildman–Crippen LogP) is 7.89. The Morgan fingerprint density at radius 3 is 0.833 bits per heavy atom. The van der Waals surface area contributed by atoms with E-state index < -0.39 is 22.4 Å². The van der Waals surface area contributed by atoms with Crippen LogP contribution in [0.2, 0.25) is 0 Å². The van der Waals surface area contributed by atoms with Crippen LogP contribution in [0.3, 0.4) is 0 Å². The highest BCUT2D eigenvalue weighted by Gasteiger charge is 2.45. The summed E-state index contributed by atoms with van der Waals surface area (Å²) in [4.78, 5) is 0. The molecular formula is Cl11N3P4. The van der Waals surface area contributed by atoms with Gasteiger partial charge in [0.2, 0.25) is 0 Å². The van der Waals surface area contributed by atoms with Crippen molar-refractivity contribution in [2.24, 2.45) is 13.5 Å². The van der Waals surface area contributed by atoms with Crippen LogP contribution >= 0.6 is 135 Å². The van der Waals surface area contributed by atoms with Gasteiger partial charge in [0.1, 0.15) is 0 Å². The van der Waals surface area contributed by atoms with Crippen molar-refractivity contribution in [3.63, 3.8) is 0 Å². The fourth-order valence-electron chi connectivity index (χ4n) is 0.441. The molecule has 0 N–H and O–H groups in total. The summed E-state index contributed by atoms with van der Waals surface area (Å²) in [7, 11) is -3.53. The van der Waals surface area contributed by atoms with E-state index in [0.717, 1.165) is 0 Å². The largest absolute Gasteiger partial charge is 1.00 e. The quantitative estimate of drug-likeness (QED) is 0.318. The maximum absolute atomic E-state index is 5.93. The molecule has 0 amide bonds. The molecule has 0 aliphatic carbocycles. The normalized spacial score (nSPS) is 13.7. The van der Waals surface area contributed by atoms with Gasteiger partial charge in [-0.15, -0.1) is 0 Å². The molecule has 0 aromatic carbocycles. The van der Waals surface area contributed by atoms with Crippen LogP contribution in [0, 0.1) is 0 Å². The zero-order chi connectivity index (χ0) is 14.1. The molecular weight excluding hydrogens is 556 g/mol. The Morgan fingerprint density at radius 1 is 0.556 bits per heavy atom. The van der Waals surface area contributed by atoms with E-state index in [1.54, 1.807) is 0 Å². The van der Waals surface area contributed by atoms with Crippen molar-refractivity contribution in [1.82, 2.24) is 0 Å². The van der Waals surface area contributed by atoms with Crippen LogP contribution in [-0.2, 0) is 0 Å². The summed E-state index contributed by atoms with van der Waals surface area (Å²) in [6, 6.07) is 0. The van der Waals surface area contributed by atoms with Crippen LogP contribution in [0.1, 0.15) is 0 Å². The Balaban J connectivity index is 0. The van der Waals surface area contributed by atoms with Crippen molar-refractivity contribution in [1.29, 1.82) is 0 Å². The molecule has 0 aromatic rings. The molecule has 0 saturated carbocycles. The fourth-order valence-corrected chi connectivity index (χ4v) is 18.1. The van der Waals surface area contributed by atoms with Crippen LogP contribution in [0.15, 0.2) is 13.5 Å². The Kier molecular flexibility index (Phi) is 12.2. The standard InChI is InChI=1S/Cl10N3P4.ClH/c1-14(2,3)11-17(10,12-15(4,5)6)13-16(7,8)9;/h;1H/q+1;/p-1. The van der Waals surface area contributed by atoms with Crippen molar-refractivity contribution < 1.29 is 12.4 Å². The van der Waals surface area contributed by atoms with Crippen LogP contribution in [0.5, 0.6) is 0 Å². The number of rotatable bonds is 3. The van der Waals surface area contributed by atoms with Gasteiger partial charge in [-0.3, -0.25) is 0 Å². The van der Waals surface area contributed by atoms with E-state index in [9.17, 15) is 0 Å². The SMILES string of the molecule is ClP(Cl)(Cl)=N[P+](Cl)(N=P(Cl)(Cl)Cl)N=P(Cl)(Cl)Cl.[Cl-]. The summed E-state index contributed by atoms with van der Waals surface area (Å²) in [5.41, 5.74) is 0. The van der Waals surface area contributed by atoms with Crippen molar-refractivity contribution >= 4 is 135 Å². The maximum Gasteiger partial charge on any atom is 0.473 e. The minimum atomic E-state index is -3.53. The highest BCUT2D eigenvalue weighted by Crippen LogP contribution is 2.89. The van der Waals surface area contributed by atoms with Gasteiger partial charge in [-0.2, -0.15) is 0 Å². The molecule has 0 rings (SSSR count). The lowest BCUT2D eigenvalue weighted by molar-refractivity contribution is -0.00000298. The molecule has 0 radical (unpaired) electrons. The Labute approximate surface area is 159 Å². The van der Waals surface area contributed by atoms with Gasteiger partial charge in [-0.1, -0.05) is 0 Å². The number of hydrogen-bond donors (Lipinski definition) is 0. The van der Waals surface area contributed by atoms with E-state index >= 15 is 0 Å². The van der Waals surface area contributed by atoms with E-state index in [4.69, 9.17) is 112 Å². The van der Waals surface area contributed by atoms with Gasteiger partial charge >= 0.3 is 7.07 Å². The first-order valence-electron chi connectivity index (χ1n) is 2.89. The molecule has 0 atom stereocenters. The van der Waals surface area contributed by atoms with Crippen LogP contribution in [0.25, 0.3) is 0 Å². The molecule has 0 fully saturated rings. The van der Waals surface area contributed by atoms with Crippen molar-refractivity contribution in [3.05, 3.63) is 0 Å². The van der Waals surface area contributed by atoms with Gasteiger partial charge < -0.3 is 12.4 Å². The molecule has 18 heavy (non-hydrogen) atoms. The Hall–Kier alpha value is 4.31. The van der Waals surface area contributed by atoms with Gasteiger partial charge in [-0.25, -0.2) is 0 Å². The Bertz CT molecular complexity index is 344. The molecule has 0 spiro atoms. The second-order valence-corrected chi connectivity index (χ2v) is 26.9. The average Bonchev–Trinajstić information content (AvgIpc) is 1.65. The van der Waals surface area contributed by atoms with E-state index in [1.807, 2.05) is 0 Å². The minimum absolute atomic E-state index is 0. The molecule has 0 aliphatic heterocycles. The van der Waals surface area contributed by atoms with Gasteiger partial charge in [0, 0.05) is 0 Å².